The van der Waals surface area contributed by atoms with Gasteiger partial charge in [0, 0.05) is 19.6 Å². The fraction of sp³-hybridized carbons (Fsp3) is 0.579. The van der Waals surface area contributed by atoms with E-state index >= 15 is 0 Å². The van der Waals surface area contributed by atoms with Crippen molar-refractivity contribution in [3.63, 3.8) is 0 Å². The number of likely N-dealkylation sites (N-methyl/N-ethyl adjacent to an activating group) is 1. The number of hydrogen-bond acceptors (Lipinski definition) is 5. The molecule has 25 heavy (non-hydrogen) atoms. The Morgan fingerprint density at radius 3 is 2.44 bits per heavy atom. The number of ether oxygens (including phenoxy) is 2. The number of rotatable bonds is 10. The Bertz CT molecular complexity index is 573. The van der Waals surface area contributed by atoms with Crippen LogP contribution in [0.15, 0.2) is 18.2 Å². The SMILES string of the molecule is CCOC(=O)CCN(CCN(C)C)C(=O)COc1cc(C)ccc1C. The van der Waals surface area contributed by atoms with Crippen LogP contribution in [-0.4, -0.2) is 68.6 Å². The standard InChI is InChI=1S/C19H30N2O4/c1-6-24-19(23)9-10-21(12-11-20(4)5)18(22)14-25-17-13-15(2)7-8-16(17)3/h7-8,13H,6,9-12,14H2,1-5H3. The molecule has 0 fully saturated rings. The van der Waals surface area contributed by atoms with Crippen molar-refractivity contribution in [3.8, 4) is 5.75 Å². The quantitative estimate of drug-likeness (QED) is 0.604. The van der Waals surface area contributed by atoms with E-state index in [1.165, 1.54) is 0 Å². The Morgan fingerprint density at radius 2 is 1.80 bits per heavy atom. The molecule has 1 aromatic rings. The summed E-state index contributed by atoms with van der Waals surface area (Å²) in [6, 6.07) is 5.90. The molecular formula is C19H30N2O4. The van der Waals surface area contributed by atoms with Crippen LogP contribution < -0.4 is 4.74 Å². The highest BCUT2D eigenvalue weighted by Gasteiger charge is 2.17. The first-order valence-electron chi connectivity index (χ1n) is 8.61. The minimum absolute atomic E-state index is 0.0411. The largest absolute Gasteiger partial charge is 0.483 e. The van der Waals surface area contributed by atoms with Crippen LogP contribution >= 0.6 is 0 Å². The second-order valence-corrected chi connectivity index (χ2v) is 6.30. The number of benzene rings is 1. The fourth-order valence-corrected chi connectivity index (χ4v) is 2.23. The number of aryl methyl sites for hydroxylation is 2. The Balaban J connectivity index is 2.63. The zero-order valence-corrected chi connectivity index (χ0v) is 16.0. The molecule has 0 aliphatic heterocycles. The Kier molecular flexibility index (Phi) is 8.99. The summed E-state index contributed by atoms with van der Waals surface area (Å²) in [7, 11) is 3.89. The van der Waals surface area contributed by atoms with Crippen molar-refractivity contribution in [1.29, 1.82) is 0 Å². The van der Waals surface area contributed by atoms with Gasteiger partial charge in [-0.15, -0.1) is 0 Å². The van der Waals surface area contributed by atoms with Crippen LogP contribution in [0.3, 0.4) is 0 Å². The Labute approximate surface area is 150 Å². The summed E-state index contributed by atoms with van der Waals surface area (Å²) in [6.07, 6.45) is 0.191. The summed E-state index contributed by atoms with van der Waals surface area (Å²) in [5, 5.41) is 0. The molecule has 6 heteroatoms. The lowest BCUT2D eigenvalue weighted by Gasteiger charge is -2.24. The van der Waals surface area contributed by atoms with E-state index in [-0.39, 0.29) is 24.9 Å². The van der Waals surface area contributed by atoms with Gasteiger partial charge in [0.05, 0.1) is 13.0 Å². The topological polar surface area (TPSA) is 59.1 Å². The summed E-state index contributed by atoms with van der Waals surface area (Å²) < 4.78 is 10.6. The number of amides is 1. The normalized spacial score (nSPS) is 10.6. The Morgan fingerprint density at radius 1 is 1.08 bits per heavy atom. The molecule has 0 aliphatic carbocycles. The average Bonchev–Trinajstić information content (AvgIpc) is 2.55. The lowest BCUT2D eigenvalue weighted by molar-refractivity contribution is -0.144. The molecule has 0 atom stereocenters. The van der Waals surface area contributed by atoms with Gasteiger partial charge in [0.2, 0.25) is 0 Å². The van der Waals surface area contributed by atoms with Crippen LogP contribution in [0.2, 0.25) is 0 Å². The van der Waals surface area contributed by atoms with Gasteiger partial charge >= 0.3 is 5.97 Å². The third kappa shape index (κ3) is 8.03. The van der Waals surface area contributed by atoms with Crippen LogP contribution in [0.4, 0.5) is 0 Å². The van der Waals surface area contributed by atoms with Crippen LogP contribution in [0.25, 0.3) is 0 Å². The molecule has 0 unspecified atom stereocenters. The second kappa shape index (κ2) is 10.7. The summed E-state index contributed by atoms with van der Waals surface area (Å²) >= 11 is 0. The predicted octanol–water partition coefficient (Wildman–Crippen LogP) is 2.03. The molecule has 0 spiro atoms. The molecular weight excluding hydrogens is 320 g/mol. The van der Waals surface area contributed by atoms with E-state index in [0.717, 1.165) is 17.7 Å². The van der Waals surface area contributed by atoms with Crippen LogP contribution in [0, 0.1) is 13.8 Å². The molecule has 140 valence electrons. The van der Waals surface area contributed by atoms with Gasteiger partial charge in [-0.2, -0.15) is 0 Å². The van der Waals surface area contributed by atoms with E-state index in [0.29, 0.717) is 25.4 Å². The molecule has 6 nitrogen and oxygen atoms in total. The third-order valence-corrected chi connectivity index (χ3v) is 3.76. The molecule has 1 amide bonds. The van der Waals surface area contributed by atoms with E-state index in [9.17, 15) is 9.59 Å². The summed E-state index contributed by atoms with van der Waals surface area (Å²) in [5.74, 6) is 0.291. The van der Waals surface area contributed by atoms with E-state index < -0.39 is 0 Å². The highest BCUT2D eigenvalue weighted by molar-refractivity contribution is 5.78. The van der Waals surface area contributed by atoms with Crippen molar-refractivity contribution in [2.75, 3.05) is 46.9 Å². The molecule has 1 aromatic carbocycles. The zero-order valence-electron chi connectivity index (χ0n) is 16.0. The van der Waals surface area contributed by atoms with Crippen molar-refractivity contribution < 1.29 is 19.1 Å². The van der Waals surface area contributed by atoms with Gasteiger partial charge in [-0.05, 0) is 52.1 Å². The minimum Gasteiger partial charge on any atom is -0.483 e. The molecule has 0 saturated heterocycles. The van der Waals surface area contributed by atoms with Gasteiger partial charge < -0.3 is 19.3 Å². The highest BCUT2D eigenvalue weighted by Crippen LogP contribution is 2.19. The molecule has 0 bridgehead atoms. The molecule has 0 saturated carbocycles. The first-order valence-corrected chi connectivity index (χ1v) is 8.61. The first-order chi connectivity index (χ1) is 11.8. The highest BCUT2D eigenvalue weighted by atomic mass is 16.5. The van der Waals surface area contributed by atoms with Gasteiger partial charge in [-0.25, -0.2) is 0 Å². The number of carbonyl (C=O) groups is 2. The van der Waals surface area contributed by atoms with Gasteiger partial charge in [0.15, 0.2) is 6.61 Å². The Hall–Kier alpha value is -2.08. The maximum absolute atomic E-state index is 12.5. The van der Waals surface area contributed by atoms with Gasteiger partial charge in [-0.1, -0.05) is 12.1 Å². The lowest BCUT2D eigenvalue weighted by Crippen LogP contribution is -2.40. The first kappa shape index (κ1) is 21.0. The third-order valence-electron chi connectivity index (χ3n) is 3.76. The van der Waals surface area contributed by atoms with Crippen molar-refractivity contribution in [3.05, 3.63) is 29.3 Å². The predicted molar refractivity (Wildman–Crippen MR) is 97.8 cm³/mol. The monoisotopic (exact) mass is 350 g/mol. The number of nitrogens with zero attached hydrogens (tertiary/aromatic N) is 2. The summed E-state index contributed by atoms with van der Waals surface area (Å²) in [5.41, 5.74) is 2.07. The van der Waals surface area contributed by atoms with Crippen LogP contribution in [0.1, 0.15) is 24.5 Å². The summed E-state index contributed by atoms with van der Waals surface area (Å²) in [4.78, 5) is 27.7. The molecule has 0 aromatic heterocycles. The van der Waals surface area contributed by atoms with Crippen molar-refractivity contribution in [1.82, 2.24) is 9.80 Å². The van der Waals surface area contributed by atoms with Gasteiger partial charge in [0.1, 0.15) is 5.75 Å². The summed E-state index contributed by atoms with van der Waals surface area (Å²) in [6.45, 7) is 7.60. The van der Waals surface area contributed by atoms with E-state index in [2.05, 4.69) is 0 Å². The zero-order chi connectivity index (χ0) is 18.8. The number of esters is 1. The second-order valence-electron chi connectivity index (χ2n) is 6.30. The van der Waals surface area contributed by atoms with E-state index in [4.69, 9.17) is 9.47 Å². The molecule has 0 heterocycles. The smallest absolute Gasteiger partial charge is 0.307 e. The average molecular weight is 350 g/mol. The van der Waals surface area contributed by atoms with E-state index in [1.807, 2.05) is 51.0 Å². The fourth-order valence-electron chi connectivity index (χ4n) is 2.23. The number of carbonyl (C=O) groups excluding carboxylic acids is 2. The molecule has 0 aliphatic rings. The maximum Gasteiger partial charge on any atom is 0.307 e. The van der Waals surface area contributed by atoms with E-state index in [1.54, 1.807) is 11.8 Å². The molecule has 0 radical (unpaired) electrons. The number of hydrogen-bond donors (Lipinski definition) is 0. The van der Waals surface area contributed by atoms with Crippen LogP contribution in [0.5, 0.6) is 5.75 Å². The van der Waals surface area contributed by atoms with Gasteiger partial charge in [0.25, 0.3) is 5.91 Å². The molecule has 0 N–H and O–H groups in total. The van der Waals surface area contributed by atoms with Crippen molar-refractivity contribution in [2.24, 2.45) is 0 Å². The van der Waals surface area contributed by atoms with Gasteiger partial charge in [-0.3, -0.25) is 9.59 Å². The minimum atomic E-state index is -0.291. The maximum atomic E-state index is 12.5. The lowest BCUT2D eigenvalue weighted by atomic mass is 10.1. The van der Waals surface area contributed by atoms with Crippen molar-refractivity contribution >= 4 is 11.9 Å². The van der Waals surface area contributed by atoms with Crippen molar-refractivity contribution in [2.45, 2.75) is 27.2 Å². The van der Waals surface area contributed by atoms with Crippen LogP contribution in [-0.2, 0) is 14.3 Å². The molecule has 1 rings (SSSR count).